The van der Waals surface area contributed by atoms with E-state index in [2.05, 4.69) is 4.98 Å². The van der Waals surface area contributed by atoms with Gasteiger partial charge in [-0.1, -0.05) is 0 Å². The van der Waals surface area contributed by atoms with Crippen molar-refractivity contribution in [3.63, 3.8) is 0 Å². The van der Waals surface area contributed by atoms with Gasteiger partial charge < -0.3 is 9.32 Å². The maximum Gasteiger partial charge on any atom is 0.273 e. The van der Waals surface area contributed by atoms with Crippen LogP contribution in [-0.4, -0.2) is 21.8 Å². The Balaban J connectivity index is 1.79. The third kappa shape index (κ3) is 2.31. The molecule has 2 aromatic heterocycles. The molecule has 0 N–H and O–H groups in total. The molecular weight excluding hydrogens is 248 g/mol. The highest BCUT2D eigenvalue weighted by Gasteiger charge is 2.34. The molecule has 5 heteroatoms. The Morgan fingerprint density at radius 1 is 1.61 bits per heavy atom. The summed E-state index contributed by atoms with van der Waals surface area (Å²) < 4.78 is 5.32. The van der Waals surface area contributed by atoms with E-state index in [1.165, 1.54) is 11.3 Å². The first-order valence-corrected chi connectivity index (χ1v) is 6.87. The van der Waals surface area contributed by atoms with Gasteiger partial charge in [0, 0.05) is 11.4 Å². The highest BCUT2D eigenvalue weighted by atomic mass is 32.1. The molecule has 0 aliphatic heterocycles. The lowest BCUT2D eigenvalue weighted by atomic mass is 10.3. The fourth-order valence-corrected chi connectivity index (χ4v) is 2.52. The van der Waals surface area contributed by atoms with Crippen molar-refractivity contribution in [2.24, 2.45) is 0 Å². The van der Waals surface area contributed by atoms with Crippen LogP contribution in [0.4, 0.5) is 0 Å². The van der Waals surface area contributed by atoms with Crippen LogP contribution in [0.1, 0.15) is 34.1 Å². The molecule has 3 rings (SSSR count). The van der Waals surface area contributed by atoms with Crippen molar-refractivity contribution >= 4 is 17.2 Å². The van der Waals surface area contributed by atoms with Crippen LogP contribution in [0, 0.1) is 6.92 Å². The van der Waals surface area contributed by atoms with Crippen LogP contribution in [0.5, 0.6) is 0 Å². The second-order valence-corrected chi connectivity index (χ2v) is 5.56. The zero-order chi connectivity index (χ0) is 12.5. The molecule has 0 radical (unpaired) electrons. The van der Waals surface area contributed by atoms with E-state index < -0.39 is 0 Å². The molecule has 0 spiro atoms. The summed E-state index contributed by atoms with van der Waals surface area (Å²) in [6, 6.07) is 4.09. The van der Waals surface area contributed by atoms with Crippen molar-refractivity contribution in [1.29, 1.82) is 0 Å². The lowest BCUT2D eigenvalue weighted by molar-refractivity contribution is 0.0712. The summed E-state index contributed by atoms with van der Waals surface area (Å²) in [7, 11) is 0. The molecule has 0 atom stereocenters. The van der Waals surface area contributed by atoms with Crippen molar-refractivity contribution in [1.82, 2.24) is 9.88 Å². The van der Waals surface area contributed by atoms with Gasteiger partial charge in [-0.15, -0.1) is 11.3 Å². The Hall–Kier alpha value is -1.62. The van der Waals surface area contributed by atoms with Crippen LogP contribution in [0.2, 0.25) is 0 Å². The van der Waals surface area contributed by atoms with Crippen LogP contribution < -0.4 is 0 Å². The summed E-state index contributed by atoms with van der Waals surface area (Å²) in [5, 5.41) is 2.75. The second kappa shape index (κ2) is 4.57. The molecule has 1 fully saturated rings. The van der Waals surface area contributed by atoms with Crippen molar-refractivity contribution in [3.8, 4) is 0 Å². The van der Waals surface area contributed by atoms with Gasteiger partial charge in [-0.25, -0.2) is 4.98 Å². The molecule has 1 aliphatic carbocycles. The minimum absolute atomic E-state index is 0.0123. The number of furan rings is 1. The van der Waals surface area contributed by atoms with Crippen molar-refractivity contribution in [2.45, 2.75) is 32.4 Å². The number of hydrogen-bond donors (Lipinski definition) is 0. The SMILES string of the molecule is Cc1nc(C(=O)N(Cc2ccco2)C2CC2)cs1. The molecule has 2 heterocycles. The number of aryl methyl sites for hydroxylation is 1. The van der Waals surface area contributed by atoms with Crippen LogP contribution in [0.3, 0.4) is 0 Å². The largest absolute Gasteiger partial charge is 0.467 e. The van der Waals surface area contributed by atoms with E-state index >= 15 is 0 Å². The normalized spacial score (nSPS) is 14.7. The van der Waals surface area contributed by atoms with Gasteiger partial charge in [0.05, 0.1) is 17.8 Å². The number of amides is 1. The Morgan fingerprint density at radius 3 is 3.00 bits per heavy atom. The second-order valence-electron chi connectivity index (χ2n) is 4.50. The van der Waals surface area contributed by atoms with Crippen LogP contribution in [0.15, 0.2) is 28.2 Å². The van der Waals surface area contributed by atoms with Crippen molar-refractivity contribution in [2.75, 3.05) is 0 Å². The monoisotopic (exact) mass is 262 g/mol. The van der Waals surface area contributed by atoms with Gasteiger partial charge in [-0.3, -0.25) is 4.79 Å². The first-order chi connectivity index (χ1) is 8.74. The number of nitrogens with zero attached hydrogens (tertiary/aromatic N) is 2. The number of carbonyl (C=O) groups excluding carboxylic acids is 1. The smallest absolute Gasteiger partial charge is 0.273 e. The van der Waals surface area contributed by atoms with Gasteiger partial charge in [-0.2, -0.15) is 0 Å². The molecular formula is C13H14N2O2S. The molecule has 18 heavy (non-hydrogen) atoms. The quantitative estimate of drug-likeness (QED) is 0.851. The third-order valence-corrected chi connectivity index (χ3v) is 3.77. The molecule has 0 aromatic carbocycles. The Kier molecular flexibility index (Phi) is 2.91. The highest BCUT2D eigenvalue weighted by Crippen LogP contribution is 2.30. The molecule has 0 saturated heterocycles. The third-order valence-electron chi connectivity index (χ3n) is 2.99. The van der Waals surface area contributed by atoms with Gasteiger partial charge in [0.2, 0.25) is 0 Å². The van der Waals surface area contributed by atoms with Gasteiger partial charge in [0.1, 0.15) is 11.5 Å². The van der Waals surface area contributed by atoms with E-state index in [1.54, 1.807) is 6.26 Å². The topological polar surface area (TPSA) is 46.3 Å². The molecule has 2 aromatic rings. The molecule has 4 nitrogen and oxygen atoms in total. The average Bonchev–Trinajstić information content (AvgIpc) is 2.88. The van der Waals surface area contributed by atoms with Gasteiger partial charge in [-0.05, 0) is 31.9 Å². The predicted molar refractivity (Wildman–Crippen MR) is 68.5 cm³/mol. The summed E-state index contributed by atoms with van der Waals surface area (Å²) in [4.78, 5) is 18.5. The fraction of sp³-hybridized carbons (Fsp3) is 0.385. The molecule has 1 aliphatic rings. The van der Waals surface area contributed by atoms with Crippen LogP contribution in [0.25, 0.3) is 0 Å². The maximum atomic E-state index is 12.4. The number of aromatic nitrogens is 1. The Morgan fingerprint density at radius 2 is 2.44 bits per heavy atom. The first-order valence-electron chi connectivity index (χ1n) is 5.99. The molecule has 0 bridgehead atoms. The number of thiazole rings is 1. The van der Waals surface area contributed by atoms with Gasteiger partial charge in [0.25, 0.3) is 5.91 Å². The average molecular weight is 262 g/mol. The van der Waals surface area contributed by atoms with Crippen molar-refractivity contribution in [3.05, 3.63) is 40.2 Å². The van der Waals surface area contributed by atoms with Gasteiger partial charge in [0.15, 0.2) is 0 Å². The van der Waals surface area contributed by atoms with Crippen LogP contribution >= 0.6 is 11.3 Å². The lowest BCUT2D eigenvalue weighted by Crippen LogP contribution is -2.32. The Labute approximate surface area is 109 Å². The zero-order valence-electron chi connectivity index (χ0n) is 10.1. The van der Waals surface area contributed by atoms with E-state index in [-0.39, 0.29) is 5.91 Å². The number of carbonyl (C=O) groups is 1. The standard InChI is InChI=1S/C13H14N2O2S/c1-9-14-12(8-18-9)13(16)15(10-4-5-10)7-11-3-2-6-17-11/h2-3,6,8,10H,4-5,7H2,1H3. The zero-order valence-corrected chi connectivity index (χ0v) is 10.9. The highest BCUT2D eigenvalue weighted by molar-refractivity contribution is 7.09. The maximum absolute atomic E-state index is 12.4. The molecule has 94 valence electrons. The summed E-state index contributed by atoms with van der Waals surface area (Å²) in [5.41, 5.74) is 0.552. The molecule has 1 saturated carbocycles. The summed E-state index contributed by atoms with van der Waals surface area (Å²) in [5.74, 6) is 0.834. The minimum Gasteiger partial charge on any atom is -0.467 e. The van der Waals surface area contributed by atoms with Crippen molar-refractivity contribution < 1.29 is 9.21 Å². The molecule has 0 unspecified atom stereocenters. The predicted octanol–water partition coefficient (Wildman–Crippen LogP) is 2.85. The van der Waals surface area contributed by atoms with E-state index in [0.29, 0.717) is 18.3 Å². The van der Waals surface area contributed by atoms with Gasteiger partial charge >= 0.3 is 0 Å². The summed E-state index contributed by atoms with van der Waals surface area (Å²) in [6.45, 7) is 2.45. The number of hydrogen-bond acceptors (Lipinski definition) is 4. The molecule has 1 amide bonds. The fourth-order valence-electron chi connectivity index (χ4n) is 1.93. The van der Waals surface area contributed by atoms with E-state index in [1.807, 2.05) is 29.3 Å². The lowest BCUT2D eigenvalue weighted by Gasteiger charge is -2.20. The van der Waals surface area contributed by atoms with E-state index in [9.17, 15) is 4.79 Å². The minimum atomic E-state index is 0.0123. The van der Waals surface area contributed by atoms with E-state index in [0.717, 1.165) is 23.6 Å². The first kappa shape index (κ1) is 11.5. The van der Waals surface area contributed by atoms with E-state index in [4.69, 9.17) is 4.42 Å². The number of rotatable bonds is 4. The van der Waals surface area contributed by atoms with Crippen LogP contribution in [-0.2, 0) is 6.54 Å². The summed E-state index contributed by atoms with van der Waals surface area (Å²) >= 11 is 1.51. The Bertz CT molecular complexity index is 543. The summed E-state index contributed by atoms with van der Waals surface area (Å²) in [6.07, 6.45) is 3.79.